The number of aromatic hydroxyl groups is 1. The third-order valence-corrected chi connectivity index (χ3v) is 6.86. The third-order valence-electron chi connectivity index (χ3n) is 6.86. The zero-order valence-corrected chi connectivity index (χ0v) is 20.0. The monoisotopic (exact) mass is 484 g/mol. The van der Waals surface area contributed by atoms with E-state index in [1.165, 1.54) is 0 Å². The Bertz CT molecular complexity index is 1780. The Balaban J connectivity index is 1.47. The second-order valence-electron chi connectivity index (χ2n) is 9.08. The van der Waals surface area contributed by atoms with Crippen molar-refractivity contribution in [1.29, 1.82) is 0 Å². The summed E-state index contributed by atoms with van der Waals surface area (Å²) in [6.07, 6.45) is 0. The number of phenolic OH excluding ortho intramolecular Hbond substituents is 1. The summed E-state index contributed by atoms with van der Waals surface area (Å²) in [5.41, 5.74) is 2.85. The van der Waals surface area contributed by atoms with Crippen LogP contribution >= 0.6 is 0 Å². The molecular weight excluding hydrogens is 460 g/mol. The molecule has 5 aromatic carbocycles. The summed E-state index contributed by atoms with van der Waals surface area (Å²) in [5, 5.41) is 17.1. The Hall–Kier alpha value is -4.90. The first kappa shape index (κ1) is 22.6. The first-order valence-corrected chi connectivity index (χ1v) is 12.2. The van der Waals surface area contributed by atoms with Crippen LogP contribution in [0.25, 0.3) is 32.6 Å². The van der Waals surface area contributed by atoms with Crippen molar-refractivity contribution in [2.45, 2.75) is 12.6 Å². The molecule has 6 aromatic rings. The van der Waals surface area contributed by atoms with Gasteiger partial charge in [-0.15, -0.1) is 0 Å². The summed E-state index contributed by atoms with van der Waals surface area (Å²) in [6, 6.07) is 35.1. The number of nitrogens with zero attached hydrogens (tertiary/aromatic N) is 1. The standard InChI is InChI=1S/C32H24N2O3/c35-28-19-18-21-10-4-5-13-23(21)30(28)31(22-11-2-1-3-12-22)33-29(36)20-34-26-16-8-6-14-24(26)32(37)25-15-7-9-17-27(25)34/h1-19,31,35H,20H2,(H,33,36). The predicted molar refractivity (Wildman–Crippen MR) is 148 cm³/mol. The highest BCUT2D eigenvalue weighted by molar-refractivity contribution is 5.95. The number of fused-ring (bicyclic) bond motifs is 3. The fraction of sp³-hybridized carbons (Fsp3) is 0.0625. The number of carbonyl (C=O) groups excluding carboxylic acids is 1. The molecule has 1 heterocycles. The maximum Gasteiger partial charge on any atom is 0.240 e. The number of rotatable bonds is 5. The smallest absolute Gasteiger partial charge is 0.240 e. The highest BCUT2D eigenvalue weighted by Gasteiger charge is 2.23. The summed E-state index contributed by atoms with van der Waals surface area (Å²) >= 11 is 0. The van der Waals surface area contributed by atoms with Gasteiger partial charge in [0.25, 0.3) is 0 Å². The predicted octanol–water partition coefficient (Wildman–Crippen LogP) is 5.92. The van der Waals surface area contributed by atoms with Gasteiger partial charge in [-0.05, 0) is 46.7 Å². The number of benzene rings is 5. The number of hydrogen-bond donors (Lipinski definition) is 2. The number of pyridine rings is 1. The van der Waals surface area contributed by atoms with Gasteiger partial charge in [0, 0.05) is 16.3 Å². The molecule has 2 N–H and O–H groups in total. The number of hydrogen-bond acceptors (Lipinski definition) is 3. The molecule has 1 atom stereocenters. The van der Waals surface area contributed by atoms with Gasteiger partial charge in [-0.2, -0.15) is 0 Å². The van der Waals surface area contributed by atoms with Crippen molar-refractivity contribution >= 4 is 38.5 Å². The molecule has 0 aliphatic heterocycles. The second-order valence-corrected chi connectivity index (χ2v) is 9.08. The lowest BCUT2D eigenvalue weighted by Crippen LogP contribution is -2.33. The highest BCUT2D eigenvalue weighted by Crippen LogP contribution is 2.36. The Morgan fingerprint density at radius 3 is 1.95 bits per heavy atom. The number of nitrogens with one attached hydrogen (secondary N) is 1. The van der Waals surface area contributed by atoms with E-state index in [0.29, 0.717) is 27.4 Å². The summed E-state index contributed by atoms with van der Waals surface area (Å²) in [4.78, 5) is 26.8. The molecular formula is C32H24N2O3. The van der Waals surface area contributed by atoms with E-state index in [9.17, 15) is 14.7 Å². The van der Waals surface area contributed by atoms with Crippen LogP contribution in [-0.2, 0) is 11.3 Å². The van der Waals surface area contributed by atoms with E-state index in [0.717, 1.165) is 16.3 Å². The minimum Gasteiger partial charge on any atom is -0.508 e. The number of carbonyl (C=O) groups is 1. The van der Waals surface area contributed by atoms with Crippen molar-refractivity contribution in [2.24, 2.45) is 0 Å². The summed E-state index contributed by atoms with van der Waals surface area (Å²) in [6.45, 7) is 0.0101. The number of phenols is 1. The minimum absolute atomic E-state index is 0.0101. The zero-order chi connectivity index (χ0) is 25.4. The molecule has 1 aromatic heterocycles. The SMILES string of the molecule is O=C(Cn1c2ccccc2c(=O)c2ccccc21)NC(c1ccccc1)c1c(O)ccc2ccccc12. The van der Waals surface area contributed by atoms with E-state index < -0.39 is 6.04 Å². The molecule has 1 unspecified atom stereocenters. The van der Waals surface area contributed by atoms with Gasteiger partial charge in [-0.1, -0.05) is 84.9 Å². The first-order valence-electron chi connectivity index (χ1n) is 12.2. The van der Waals surface area contributed by atoms with Crippen LogP contribution in [0.15, 0.2) is 120 Å². The molecule has 0 spiro atoms. The van der Waals surface area contributed by atoms with E-state index in [1.54, 1.807) is 18.2 Å². The molecule has 1 amide bonds. The molecule has 0 aliphatic rings. The van der Waals surface area contributed by atoms with Crippen molar-refractivity contribution in [3.05, 3.63) is 137 Å². The normalized spacial score (nSPS) is 12.1. The van der Waals surface area contributed by atoms with Crippen molar-refractivity contribution in [3.8, 4) is 5.75 Å². The average molecular weight is 485 g/mol. The van der Waals surface area contributed by atoms with Gasteiger partial charge in [0.2, 0.25) is 5.91 Å². The van der Waals surface area contributed by atoms with Crippen LogP contribution in [0.2, 0.25) is 0 Å². The summed E-state index contributed by atoms with van der Waals surface area (Å²) in [7, 11) is 0. The number of amides is 1. The van der Waals surface area contributed by atoms with Gasteiger partial charge in [0.05, 0.1) is 17.1 Å². The largest absolute Gasteiger partial charge is 0.508 e. The maximum absolute atomic E-state index is 13.7. The van der Waals surface area contributed by atoms with Crippen molar-refractivity contribution in [2.75, 3.05) is 0 Å². The molecule has 180 valence electrons. The van der Waals surface area contributed by atoms with Crippen LogP contribution in [0, 0.1) is 0 Å². The number of para-hydroxylation sites is 2. The van der Waals surface area contributed by atoms with Crippen LogP contribution in [0.1, 0.15) is 17.2 Å². The Kier molecular flexibility index (Phi) is 5.66. The summed E-state index contributed by atoms with van der Waals surface area (Å²) in [5.74, 6) is -0.118. The minimum atomic E-state index is -0.572. The quantitative estimate of drug-likeness (QED) is 0.299. The second kappa shape index (κ2) is 9.28. The van der Waals surface area contributed by atoms with Gasteiger partial charge in [0.1, 0.15) is 12.3 Å². The fourth-order valence-electron chi connectivity index (χ4n) is 5.15. The topological polar surface area (TPSA) is 71.3 Å². The number of aromatic nitrogens is 1. The summed E-state index contributed by atoms with van der Waals surface area (Å²) < 4.78 is 1.88. The van der Waals surface area contributed by atoms with Gasteiger partial charge in [0.15, 0.2) is 5.43 Å². The molecule has 6 rings (SSSR count). The lowest BCUT2D eigenvalue weighted by atomic mass is 9.92. The first-order chi connectivity index (χ1) is 18.1. The van der Waals surface area contributed by atoms with E-state index in [1.807, 2.05) is 102 Å². The molecule has 0 aliphatic carbocycles. The van der Waals surface area contributed by atoms with Crippen LogP contribution in [-0.4, -0.2) is 15.6 Å². The molecule has 0 radical (unpaired) electrons. The van der Waals surface area contributed by atoms with E-state index in [2.05, 4.69) is 5.32 Å². The van der Waals surface area contributed by atoms with Crippen LogP contribution in [0.4, 0.5) is 0 Å². The molecule has 0 bridgehead atoms. The Labute approximate surface area is 213 Å². The van der Waals surface area contributed by atoms with Crippen molar-refractivity contribution < 1.29 is 9.90 Å². The zero-order valence-electron chi connectivity index (χ0n) is 20.0. The Morgan fingerprint density at radius 1 is 0.703 bits per heavy atom. The van der Waals surface area contributed by atoms with E-state index in [-0.39, 0.29) is 23.6 Å². The van der Waals surface area contributed by atoms with Gasteiger partial charge in [-0.3, -0.25) is 9.59 Å². The molecule has 0 saturated carbocycles. The van der Waals surface area contributed by atoms with Gasteiger partial charge >= 0.3 is 0 Å². The molecule has 37 heavy (non-hydrogen) atoms. The molecule has 5 heteroatoms. The van der Waals surface area contributed by atoms with Crippen LogP contribution < -0.4 is 10.7 Å². The van der Waals surface area contributed by atoms with Gasteiger partial charge in [-0.25, -0.2) is 0 Å². The van der Waals surface area contributed by atoms with Gasteiger partial charge < -0.3 is 15.0 Å². The average Bonchev–Trinajstić information content (AvgIpc) is 2.95. The van der Waals surface area contributed by atoms with E-state index in [4.69, 9.17) is 0 Å². The van der Waals surface area contributed by atoms with E-state index >= 15 is 0 Å². The lowest BCUT2D eigenvalue weighted by molar-refractivity contribution is -0.122. The van der Waals surface area contributed by atoms with Crippen molar-refractivity contribution in [1.82, 2.24) is 9.88 Å². The van der Waals surface area contributed by atoms with Crippen LogP contribution in [0.5, 0.6) is 5.75 Å². The highest BCUT2D eigenvalue weighted by atomic mass is 16.3. The van der Waals surface area contributed by atoms with Crippen LogP contribution in [0.3, 0.4) is 0 Å². The fourth-order valence-corrected chi connectivity index (χ4v) is 5.15. The maximum atomic E-state index is 13.7. The third kappa shape index (κ3) is 4.00. The molecule has 5 nitrogen and oxygen atoms in total. The molecule has 0 saturated heterocycles. The van der Waals surface area contributed by atoms with Crippen molar-refractivity contribution in [3.63, 3.8) is 0 Å². The molecule has 0 fully saturated rings. The Morgan fingerprint density at radius 2 is 1.27 bits per heavy atom. The lowest BCUT2D eigenvalue weighted by Gasteiger charge is -2.23.